The summed E-state index contributed by atoms with van der Waals surface area (Å²) in [4.78, 5) is 8.26. The highest BCUT2D eigenvalue weighted by Gasteiger charge is 2.32. The minimum atomic E-state index is -4.75. The number of alkyl halides is 3. The van der Waals surface area contributed by atoms with Crippen molar-refractivity contribution in [2.24, 2.45) is 0 Å². The number of benzene rings is 1. The van der Waals surface area contributed by atoms with Gasteiger partial charge in [0, 0.05) is 0 Å². The highest BCUT2D eigenvalue weighted by atomic mass is 79.9. The molecule has 2 aromatic rings. The van der Waals surface area contributed by atoms with E-state index in [2.05, 4.69) is 30.6 Å². The third-order valence-corrected chi connectivity index (χ3v) is 3.14. The number of ether oxygens (including phenoxy) is 2. The zero-order chi connectivity index (χ0) is 15.6. The van der Waals surface area contributed by atoms with E-state index in [1.54, 1.807) is 6.92 Å². The molecule has 1 aromatic carbocycles. The number of rotatable bonds is 3. The van der Waals surface area contributed by atoms with Crippen molar-refractivity contribution in [1.29, 1.82) is 0 Å². The van der Waals surface area contributed by atoms with Gasteiger partial charge < -0.3 is 9.47 Å². The number of halogens is 4. The molecule has 1 heterocycles. The van der Waals surface area contributed by atoms with E-state index in [1.165, 1.54) is 18.3 Å². The fourth-order valence-corrected chi connectivity index (χ4v) is 1.88. The zero-order valence-corrected chi connectivity index (χ0v) is 12.6. The van der Waals surface area contributed by atoms with E-state index in [0.29, 0.717) is 11.4 Å². The van der Waals surface area contributed by atoms with Gasteiger partial charge in [-0.25, -0.2) is 4.98 Å². The molecule has 0 amide bonds. The molecule has 0 unspecified atom stereocenters. The first kappa shape index (κ1) is 15.6. The standard InChI is InChI=1S/C13H10BrF3N2O2/c1-7-8(2)19-12(6-18-7)20-9-3-4-11(10(14)5-9)21-13(15,16)17/h3-6H,1-2H3. The SMILES string of the molecule is Cc1ncc(Oc2ccc(OC(F)(F)F)c(Br)c2)nc1C. The molecule has 0 atom stereocenters. The molecule has 0 saturated carbocycles. The van der Waals surface area contributed by atoms with Crippen molar-refractivity contribution in [3.8, 4) is 17.4 Å². The van der Waals surface area contributed by atoms with Gasteiger partial charge in [0.25, 0.3) is 0 Å². The van der Waals surface area contributed by atoms with Crippen LogP contribution in [0.5, 0.6) is 17.4 Å². The summed E-state index contributed by atoms with van der Waals surface area (Å²) in [5.74, 6) is 0.226. The molecule has 0 bridgehead atoms. The molecule has 4 nitrogen and oxygen atoms in total. The van der Waals surface area contributed by atoms with Crippen molar-refractivity contribution >= 4 is 15.9 Å². The van der Waals surface area contributed by atoms with Gasteiger partial charge in [-0.1, -0.05) is 0 Å². The fraction of sp³-hybridized carbons (Fsp3) is 0.231. The second kappa shape index (κ2) is 5.88. The van der Waals surface area contributed by atoms with Gasteiger partial charge >= 0.3 is 6.36 Å². The van der Waals surface area contributed by atoms with Gasteiger partial charge in [0.05, 0.1) is 22.1 Å². The number of hydrogen-bond acceptors (Lipinski definition) is 4. The van der Waals surface area contributed by atoms with E-state index in [0.717, 1.165) is 11.8 Å². The smallest absolute Gasteiger partial charge is 0.437 e. The summed E-state index contributed by atoms with van der Waals surface area (Å²) >= 11 is 3.00. The summed E-state index contributed by atoms with van der Waals surface area (Å²) in [5.41, 5.74) is 1.49. The largest absolute Gasteiger partial charge is 0.573 e. The van der Waals surface area contributed by atoms with Crippen LogP contribution in [-0.2, 0) is 0 Å². The first-order valence-electron chi connectivity index (χ1n) is 5.78. The van der Waals surface area contributed by atoms with Gasteiger partial charge in [-0.2, -0.15) is 0 Å². The molecule has 1 aromatic heterocycles. The van der Waals surface area contributed by atoms with E-state index >= 15 is 0 Å². The van der Waals surface area contributed by atoms with Crippen LogP contribution >= 0.6 is 15.9 Å². The van der Waals surface area contributed by atoms with E-state index in [9.17, 15) is 13.2 Å². The summed E-state index contributed by atoms with van der Waals surface area (Å²) in [6.45, 7) is 3.59. The number of aromatic nitrogens is 2. The van der Waals surface area contributed by atoms with Gasteiger partial charge in [0.15, 0.2) is 0 Å². The predicted octanol–water partition coefficient (Wildman–Crippen LogP) is 4.55. The molecule has 21 heavy (non-hydrogen) atoms. The molecule has 0 saturated heterocycles. The predicted molar refractivity (Wildman–Crippen MR) is 72.4 cm³/mol. The average Bonchev–Trinajstić information content (AvgIpc) is 2.36. The molecule has 0 aliphatic heterocycles. The number of hydrogen-bond donors (Lipinski definition) is 0. The van der Waals surface area contributed by atoms with Crippen LogP contribution in [0.1, 0.15) is 11.4 Å². The van der Waals surface area contributed by atoms with Crippen LogP contribution < -0.4 is 9.47 Å². The molecule has 2 rings (SSSR count). The van der Waals surface area contributed by atoms with Crippen LogP contribution in [0.15, 0.2) is 28.9 Å². The van der Waals surface area contributed by atoms with Gasteiger partial charge in [0.1, 0.15) is 11.5 Å². The summed E-state index contributed by atoms with van der Waals surface area (Å²) < 4.78 is 45.9. The quantitative estimate of drug-likeness (QED) is 0.803. The van der Waals surface area contributed by atoms with E-state index in [4.69, 9.17) is 4.74 Å². The van der Waals surface area contributed by atoms with Crippen LogP contribution in [0, 0.1) is 13.8 Å². The first-order valence-corrected chi connectivity index (χ1v) is 6.57. The summed E-state index contributed by atoms with van der Waals surface area (Å²) in [6, 6.07) is 3.86. The van der Waals surface area contributed by atoms with Gasteiger partial charge in [-0.05, 0) is 48.0 Å². The first-order chi connectivity index (χ1) is 9.74. The number of nitrogens with zero attached hydrogens (tertiary/aromatic N) is 2. The molecule has 0 aliphatic carbocycles. The molecule has 0 aliphatic rings. The minimum Gasteiger partial charge on any atom is -0.437 e. The van der Waals surface area contributed by atoms with Crippen molar-refractivity contribution in [2.75, 3.05) is 0 Å². The zero-order valence-electron chi connectivity index (χ0n) is 11.0. The second-order valence-corrected chi connectivity index (χ2v) is 4.98. The Bertz CT molecular complexity index is 662. The van der Waals surface area contributed by atoms with E-state index in [1.807, 2.05) is 6.92 Å². The second-order valence-electron chi connectivity index (χ2n) is 4.12. The maximum atomic E-state index is 12.2. The molecule has 0 radical (unpaired) electrons. The fourth-order valence-electron chi connectivity index (χ4n) is 1.44. The van der Waals surface area contributed by atoms with E-state index in [-0.39, 0.29) is 16.1 Å². The van der Waals surface area contributed by atoms with Crippen LogP contribution in [0.3, 0.4) is 0 Å². The van der Waals surface area contributed by atoms with Crippen molar-refractivity contribution in [3.63, 3.8) is 0 Å². The summed E-state index contributed by atoms with van der Waals surface area (Å²) in [6.07, 6.45) is -3.30. The normalized spacial score (nSPS) is 11.3. The van der Waals surface area contributed by atoms with Crippen LogP contribution in [0.25, 0.3) is 0 Å². The highest BCUT2D eigenvalue weighted by Crippen LogP contribution is 2.34. The molecule has 112 valence electrons. The molecular formula is C13H10BrF3N2O2. The van der Waals surface area contributed by atoms with Crippen molar-refractivity contribution in [3.05, 3.63) is 40.3 Å². The van der Waals surface area contributed by atoms with Gasteiger partial charge in [-0.3, -0.25) is 4.98 Å². The Morgan fingerprint density at radius 3 is 2.43 bits per heavy atom. The Kier molecular flexibility index (Phi) is 4.36. The monoisotopic (exact) mass is 362 g/mol. The van der Waals surface area contributed by atoms with Crippen molar-refractivity contribution < 1.29 is 22.6 Å². The Morgan fingerprint density at radius 2 is 1.86 bits per heavy atom. The van der Waals surface area contributed by atoms with Crippen molar-refractivity contribution in [2.45, 2.75) is 20.2 Å². The van der Waals surface area contributed by atoms with Crippen molar-refractivity contribution in [1.82, 2.24) is 9.97 Å². The van der Waals surface area contributed by atoms with Crippen LogP contribution in [0.4, 0.5) is 13.2 Å². The number of aryl methyl sites for hydroxylation is 2. The maximum absolute atomic E-state index is 12.2. The van der Waals surface area contributed by atoms with E-state index < -0.39 is 6.36 Å². The lowest BCUT2D eigenvalue weighted by molar-refractivity contribution is -0.274. The van der Waals surface area contributed by atoms with Crippen LogP contribution in [-0.4, -0.2) is 16.3 Å². The molecule has 0 N–H and O–H groups in total. The Balaban J connectivity index is 2.18. The lowest BCUT2D eigenvalue weighted by Gasteiger charge is -2.12. The summed E-state index contributed by atoms with van der Waals surface area (Å²) in [5, 5.41) is 0. The Morgan fingerprint density at radius 1 is 1.14 bits per heavy atom. The minimum absolute atomic E-state index is 0.120. The third-order valence-electron chi connectivity index (χ3n) is 2.52. The van der Waals surface area contributed by atoms with Crippen LogP contribution in [0.2, 0.25) is 0 Å². The van der Waals surface area contributed by atoms with Gasteiger partial charge in [-0.15, -0.1) is 13.2 Å². The molecular weight excluding hydrogens is 353 g/mol. The molecule has 0 spiro atoms. The third kappa shape index (κ3) is 4.32. The lowest BCUT2D eigenvalue weighted by Crippen LogP contribution is -2.17. The average molecular weight is 363 g/mol. The Hall–Kier alpha value is -1.83. The molecule has 8 heteroatoms. The lowest BCUT2D eigenvalue weighted by atomic mass is 10.3. The Labute approximate surface area is 127 Å². The highest BCUT2D eigenvalue weighted by molar-refractivity contribution is 9.10. The maximum Gasteiger partial charge on any atom is 0.573 e. The molecule has 0 fully saturated rings. The topological polar surface area (TPSA) is 44.2 Å². The van der Waals surface area contributed by atoms with Gasteiger partial charge in [0.2, 0.25) is 5.88 Å². The summed E-state index contributed by atoms with van der Waals surface area (Å²) in [7, 11) is 0.